The van der Waals surface area contributed by atoms with Crippen LogP contribution in [-0.4, -0.2) is 30.1 Å². The Labute approximate surface area is 188 Å². The molecule has 12 heteroatoms. The Balaban J connectivity index is 1.75. The quantitative estimate of drug-likeness (QED) is 0.322. The standard InChI is InChI=1S/C20H14ClFN4O5S/c1-23-15-5-11(14(26(30)31)8-16(15)24(2)19(23)28)6-17-18(27)25(20(29)32-17)9-10-3-4-12(22)7-13(10)21/h3-8H,9H2,1-2H3/b17-6-. The van der Waals surface area contributed by atoms with Gasteiger partial charge in [0.1, 0.15) is 5.82 Å². The molecule has 2 heterocycles. The van der Waals surface area contributed by atoms with E-state index in [0.717, 1.165) is 11.0 Å². The van der Waals surface area contributed by atoms with Gasteiger partial charge in [0.2, 0.25) is 0 Å². The SMILES string of the molecule is Cn1c(=O)n(C)c2cc([N+](=O)[O-])c(/C=C3\SC(=O)N(Cc4ccc(F)cc4Cl)C3=O)cc21. The first-order chi connectivity index (χ1) is 15.1. The molecule has 9 nitrogen and oxygen atoms in total. The number of nitro groups is 1. The molecule has 1 saturated heterocycles. The number of imidazole rings is 1. The molecular weight excluding hydrogens is 463 g/mol. The van der Waals surface area contributed by atoms with Gasteiger partial charge in [0.25, 0.3) is 16.8 Å². The number of amides is 2. The maximum absolute atomic E-state index is 13.3. The van der Waals surface area contributed by atoms with Crippen molar-refractivity contribution in [3.63, 3.8) is 0 Å². The van der Waals surface area contributed by atoms with E-state index in [9.17, 15) is 28.9 Å². The highest BCUT2D eigenvalue weighted by molar-refractivity contribution is 8.18. The van der Waals surface area contributed by atoms with Crippen molar-refractivity contribution in [3.8, 4) is 0 Å². The van der Waals surface area contributed by atoms with Crippen molar-refractivity contribution < 1.29 is 18.9 Å². The fraction of sp³-hybridized carbons (Fsp3) is 0.150. The van der Waals surface area contributed by atoms with Crippen molar-refractivity contribution in [1.82, 2.24) is 14.0 Å². The molecular formula is C20H14ClFN4O5S. The number of thioether (sulfide) groups is 1. The number of hydrogen-bond acceptors (Lipinski definition) is 6. The maximum atomic E-state index is 13.3. The Morgan fingerprint density at radius 1 is 1.12 bits per heavy atom. The zero-order valence-corrected chi connectivity index (χ0v) is 18.2. The van der Waals surface area contributed by atoms with Crippen LogP contribution in [0.3, 0.4) is 0 Å². The Hall–Kier alpha value is -3.44. The molecule has 2 amide bonds. The lowest BCUT2D eigenvalue weighted by Crippen LogP contribution is -2.27. The molecule has 0 aliphatic carbocycles. The fourth-order valence-corrected chi connectivity index (χ4v) is 4.48. The average Bonchev–Trinajstić information content (AvgIpc) is 3.11. The Morgan fingerprint density at radius 3 is 2.41 bits per heavy atom. The maximum Gasteiger partial charge on any atom is 0.328 e. The van der Waals surface area contributed by atoms with Crippen LogP contribution >= 0.6 is 23.4 Å². The van der Waals surface area contributed by atoms with E-state index >= 15 is 0 Å². The first kappa shape index (κ1) is 21.8. The van der Waals surface area contributed by atoms with Crippen LogP contribution in [0.5, 0.6) is 0 Å². The second-order valence-electron chi connectivity index (χ2n) is 7.06. The van der Waals surface area contributed by atoms with Gasteiger partial charge < -0.3 is 0 Å². The number of carbonyl (C=O) groups excluding carboxylic acids is 2. The van der Waals surface area contributed by atoms with E-state index in [1.165, 1.54) is 53.6 Å². The number of hydrogen-bond donors (Lipinski definition) is 0. The smallest absolute Gasteiger partial charge is 0.295 e. The highest BCUT2D eigenvalue weighted by Gasteiger charge is 2.36. The second-order valence-corrected chi connectivity index (χ2v) is 8.46. The summed E-state index contributed by atoms with van der Waals surface area (Å²) in [7, 11) is 3.03. The summed E-state index contributed by atoms with van der Waals surface area (Å²) < 4.78 is 15.9. The van der Waals surface area contributed by atoms with Crippen molar-refractivity contribution in [1.29, 1.82) is 0 Å². The summed E-state index contributed by atoms with van der Waals surface area (Å²) in [5.74, 6) is -1.21. The highest BCUT2D eigenvalue weighted by Crippen LogP contribution is 2.36. The van der Waals surface area contributed by atoms with Gasteiger partial charge in [0, 0.05) is 25.2 Å². The van der Waals surface area contributed by atoms with Crippen molar-refractivity contribution in [2.24, 2.45) is 14.1 Å². The Morgan fingerprint density at radius 2 is 1.78 bits per heavy atom. The van der Waals surface area contributed by atoms with Crippen LogP contribution < -0.4 is 5.69 Å². The van der Waals surface area contributed by atoms with Gasteiger partial charge in [0.15, 0.2) is 0 Å². The minimum atomic E-state index is -0.656. The molecule has 4 rings (SSSR count). The van der Waals surface area contributed by atoms with E-state index < -0.39 is 21.9 Å². The van der Waals surface area contributed by atoms with Crippen LogP contribution in [-0.2, 0) is 25.4 Å². The van der Waals surface area contributed by atoms with Crippen molar-refractivity contribution in [2.75, 3.05) is 0 Å². The molecule has 1 fully saturated rings. The van der Waals surface area contributed by atoms with Gasteiger partial charge in [-0.3, -0.25) is 33.7 Å². The lowest BCUT2D eigenvalue weighted by atomic mass is 10.1. The van der Waals surface area contributed by atoms with Gasteiger partial charge in [-0.25, -0.2) is 9.18 Å². The second kappa shape index (κ2) is 7.92. The Kier molecular flexibility index (Phi) is 5.39. The number of rotatable bonds is 4. The summed E-state index contributed by atoms with van der Waals surface area (Å²) in [5, 5.41) is 11.1. The zero-order valence-electron chi connectivity index (χ0n) is 16.7. The van der Waals surface area contributed by atoms with E-state index in [1.807, 2.05) is 0 Å². The largest absolute Gasteiger partial charge is 0.328 e. The molecule has 0 atom stereocenters. The van der Waals surface area contributed by atoms with E-state index in [0.29, 0.717) is 28.4 Å². The fourth-order valence-electron chi connectivity index (χ4n) is 3.42. The first-order valence-corrected chi connectivity index (χ1v) is 10.3. The van der Waals surface area contributed by atoms with E-state index in [1.54, 1.807) is 0 Å². The highest BCUT2D eigenvalue weighted by atomic mass is 35.5. The molecule has 0 N–H and O–H groups in total. The number of imide groups is 1. The number of halogens is 2. The molecule has 3 aromatic rings. The predicted molar refractivity (Wildman–Crippen MR) is 118 cm³/mol. The summed E-state index contributed by atoms with van der Waals surface area (Å²) in [6, 6.07) is 6.30. The summed E-state index contributed by atoms with van der Waals surface area (Å²) in [4.78, 5) is 49.4. The number of nitro benzene ring substituents is 1. The third-order valence-corrected chi connectivity index (χ3v) is 6.38. The zero-order chi connectivity index (χ0) is 23.3. The number of nitrogens with zero attached hydrogens (tertiary/aromatic N) is 4. The first-order valence-electron chi connectivity index (χ1n) is 9.11. The monoisotopic (exact) mass is 476 g/mol. The summed E-state index contributed by atoms with van der Waals surface area (Å²) in [5.41, 5.74) is 0.583. The van der Waals surface area contributed by atoms with E-state index in [4.69, 9.17) is 11.6 Å². The molecule has 1 aromatic heterocycles. The van der Waals surface area contributed by atoms with Crippen LogP contribution in [0.4, 0.5) is 14.9 Å². The van der Waals surface area contributed by atoms with Crippen LogP contribution in [0.2, 0.25) is 5.02 Å². The van der Waals surface area contributed by atoms with Gasteiger partial charge in [-0.05, 0) is 41.6 Å². The summed E-state index contributed by atoms with van der Waals surface area (Å²) in [6.45, 7) is -0.171. The third kappa shape index (κ3) is 3.59. The van der Waals surface area contributed by atoms with Crippen LogP contribution in [0.1, 0.15) is 11.1 Å². The number of carbonyl (C=O) groups is 2. The Bertz CT molecular complexity index is 1430. The van der Waals surface area contributed by atoms with Crippen molar-refractivity contribution in [2.45, 2.75) is 6.54 Å². The van der Waals surface area contributed by atoms with E-state index in [2.05, 4.69) is 0 Å². The van der Waals surface area contributed by atoms with Gasteiger partial charge in [-0.15, -0.1) is 0 Å². The molecule has 2 aromatic carbocycles. The van der Waals surface area contributed by atoms with Gasteiger partial charge in [0.05, 0.1) is 33.0 Å². The number of benzene rings is 2. The molecule has 0 radical (unpaired) electrons. The van der Waals surface area contributed by atoms with Gasteiger partial charge in [-0.2, -0.15) is 0 Å². The number of fused-ring (bicyclic) bond motifs is 1. The average molecular weight is 477 g/mol. The van der Waals surface area contributed by atoms with Gasteiger partial charge in [-0.1, -0.05) is 17.7 Å². The summed E-state index contributed by atoms with van der Waals surface area (Å²) in [6.07, 6.45) is 1.26. The van der Waals surface area contributed by atoms with E-state index in [-0.39, 0.29) is 33.4 Å². The topological polar surface area (TPSA) is 107 Å². The molecule has 1 aliphatic heterocycles. The summed E-state index contributed by atoms with van der Waals surface area (Å²) >= 11 is 6.62. The van der Waals surface area contributed by atoms with Crippen molar-refractivity contribution in [3.05, 3.63) is 77.8 Å². The normalized spacial score (nSPS) is 15.4. The predicted octanol–water partition coefficient (Wildman–Crippen LogP) is 3.81. The number of aryl methyl sites for hydroxylation is 2. The lowest BCUT2D eigenvalue weighted by molar-refractivity contribution is -0.385. The van der Waals surface area contributed by atoms with Crippen LogP contribution in [0, 0.1) is 15.9 Å². The molecule has 0 bridgehead atoms. The lowest BCUT2D eigenvalue weighted by Gasteiger charge is -2.13. The molecule has 164 valence electrons. The molecule has 0 unspecified atom stereocenters. The molecule has 0 saturated carbocycles. The van der Waals surface area contributed by atoms with Crippen molar-refractivity contribution >= 4 is 57.3 Å². The third-order valence-electron chi connectivity index (χ3n) is 5.12. The minimum absolute atomic E-state index is 0.0170. The molecule has 0 spiro atoms. The van der Waals surface area contributed by atoms with Crippen LogP contribution in [0.15, 0.2) is 40.0 Å². The molecule has 1 aliphatic rings. The number of aromatic nitrogens is 2. The van der Waals surface area contributed by atoms with Crippen LogP contribution in [0.25, 0.3) is 17.1 Å². The molecule has 32 heavy (non-hydrogen) atoms. The minimum Gasteiger partial charge on any atom is -0.295 e. The van der Waals surface area contributed by atoms with Gasteiger partial charge >= 0.3 is 5.69 Å².